The first kappa shape index (κ1) is 20.3. The van der Waals surface area contributed by atoms with Gasteiger partial charge in [0.25, 0.3) is 0 Å². The number of benzene rings is 2. The van der Waals surface area contributed by atoms with E-state index in [-0.39, 0.29) is 17.5 Å². The molecule has 5 heteroatoms. The number of dihydropyridines is 1. The highest BCUT2D eigenvalue weighted by molar-refractivity contribution is 9.10. The van der Waals surface area contributed by atoms with Crippen molar-refractivity contribution in [2.75, 3.05) is 0 Å². The summed E-state index contributed by atoms with van der Waals surface area (Å²) >= 11 is 3.44. The van der Waals surface area contributed by atoms with Gasteiger partial charge in [0.1, 0.15) is 12.4 Å². The molecule has 1 aliphatic heterocycles. The highest BCUT2D eigenvalue weighted by Gasteiger charge is 2.40. The van der Waals surface area contributed by atoms with Gasteiger partial charge in [0.15, 0.2) is 11.6 Å². The Balaban J connectivity index is 1.43. The van der Waals surface area contributed by atoms with Crippen molar-refractivity contribution < 1.29 is 14.3 Å². The van der Waals surface area contributed by atoms with Crippen molar-refractivity contribution in [2.45, 2.75) is 51.0 Å². The van der Waals surface area contributed by atoms with E-state index in [1.54, 1.807) is 0 Å². The number of rotatable bonds is 4. The zero-order valence-electron chi connectivity index (χ0n) is 17.2. The van der Waals surface area contributed by atoms with Gasteiger partial charge in [-0.25, -0.2) is 0 Å². The molecular weight excluding hydrogens is 454 g/mol. The summed E-state index contributed by atoms with van der Waals surface area (Å²) in [6.45, 7) is 0.488. The number of carbonyl (C=O) groups is 2. The van der Waals surface area contributed by atoms with Crippen molar-refractivity contribution in [3.05, 3.63) is 86.7 Å². The lowest BCUT2D eigenvalue weighted by Crippen LogP contribution is -2.36. The predicted octanol–water partition coefficient (Wildman–Crippen LogP) is 5.73. The first-order valence-corrected chi connectivity index (χ1v) is 11.7. The number of nitrogens with one attached hydrogen (secondary N) is 1. The Morgan fingerprint density at radius 3 is 1.97 bits per heavy atom. The number of ketones is 2. The van der Waals surface area contributed by atoms with Gasteiger partial charge in [-0.3, -0.25) is 9.59 Å². The van der Waals surface area contributed by atoms with Gasteiger partial charge in [0.2, 0.25) is 0 Å². The summed E-state index contributed by atoms with van der Waals surface area (Å²) in [5.74, 6) is 0.847. The molecule has 0 saturated heterocycles. The number of hydrogen-bond donors (Lipinski definition) is 1. The molecule has 2 aliphatic carbocycles. The van der Waals surface area contributed by atoms with Crippen molar-refractivity contribution in [2.24, 2.45) is 0 Å². The summed E-state index contributed by atoms with van der Waals surface area (Å²) in [6, 6.07) is 15.9. The maximum Gasteiger partial charge on any atom is 0.161 e. The third-order valence-corrected chi connectivity index (χ3v) is 6.85. The second-order valence-electron chi connectivity index (χ2n) is 8.38. The molecule has 0 atom stereocenters. The van der Waals surface area contributed by atoms with Gasteiger partial charge in [-0.2, -0.15) is 0 Å². The maximum atomic E-state index is 12.9. The lowest BCUT2D eigenvalue weighted by Gasteiger charge is -2.37. The van der Waals surface area contributed by atoms with Crippen LogP contribution in [0.2, 0.25) is 0 Å². The standard InChI is InChI=1S/C26H24BrNO3/c27-18-11-7-16(8-12-18)15-31-19-13-9-17(10-14-19)24-25-20(3-1-5-22(25)29)28-21-4-2-6-23(30)26(21)24/h7-14,24,28H,1-6,15H2. The van der Waals surface area contributed by atoms with E-state index in [1.165, 1.54) is 0 Å². The number of hydrogen-bond acceptors (Lipinski definition) is 4. The normalized spacial score (nSPS) is 19.1. The molecule has 0 unspecified atom stereocenters. The highest BCUT2D eigenvalue weighted by atomic mass is 79.9. The minimum absolute atomic E-state index is 0.166. The highest BCUT2D eigenvalue weighted by Crippen LogP contribution is 2.45. The van der Waals surface area contributed by atoms with Gasteiger partial charge in [0.05, 0.1) is 0 Å². The van der Waals surface area contributed by atoms with Crippen LogP contribution in [0.1, 0.15) is 55.6 Å². The molecule has 5 rings (SSSR count). The van der Waals surface area contributed by atoms with Crippen LogP contribution in [0.25, 0.3) is 0 Å². The van der Waals surface area contributed by atoms with Crippen molar-refractivity contribution in [3.8, 4) is 5.75 Å². The van der Waals surface area contributed by atoms with Crippen LogP contribution in [0.15, 0.2) is 75.5 Å². The lowest BCUT2D eigenvalue weighted by atomic mass is 9.71. The van der Waals surface area contributed by atoms with Gasteiger partial charge in [-0.05, 0) is 61.1 Å². The number of allylic oxidation sites excluding steroid dienone is 4. The van der Waals surface area contributed by atoms with Crippen molar-refractivity contribution >= 4 is 27.5 Å². The van der Waals surface area contributed by atoms with E-state index in [9.17, 15) is 9.59 Å². The minimum atomic E-state index is -0.257. The summed E-state index contributed by atoms with van der Waals surface area (Å²) in [5, 5.41) is 3.46. The van der Waals surface area contributed by atoms with Gasteiger partial charge in [0, 0.05) is 45.8 Å². The lowest BCUT2D eigenvalue weighted by molar-refractivity contribution is -0.116. The zero-order valence-corrected chi connectivity index (χ0v) is 18.8. The molecule has 2 aromatic carbocycles. The average molecular weight is 478 g/mol. The summed E-state index contributed by atoms with van der Waals surface area (Å²) in [4.78, 5) is 25.8. The Labute approximate surface area is 190 Å². The summed E-state index contributed by atoms with van der Waals surface area (Å²) in [6.07, 6.45) is 4.60. The van der Waals surface area contributed by atoms with Crippen molar-refractivity contribution in [3.63, 3.8) is 0 Å². The fourth-order valence-corrected chi connectivity index (χ4v) is 5.08. The van der Waals surface area contributed by atoms with Crippen LogP contribution in [-0.4, -0.2) is 11.6 Å². The number of Topliss-reactive ketones (excluding diaryl/α,β-unsaturated/α-hetero) is 2. The summed E-state index contributed by atoms with van der Waals surface area (Å²) < 4.78 is 6.99. The van der Waals surface area contributed by atoms with Crippen molar-refractivity contribution in [1.82, 2.24) is 5.32 Å². The van der Waals surface area contributed by atoms with Crippen LogP contribution in [0.3, 0.4) is 0 Å². The Bertz CT molecular complexity index is 1050. The van der Waals surface area contributed by atoms with Crippen LogP contribution in [0.4, 0.5) is 0 Å². The topological polar surface area (TPSA) is 55.4 Å². The number of carbonyl (C=O) groups excluding carboxylic acids is 2. The Morgan fingerprint density at radius 2 is 1.39 bits per heavy atom. The fourth-order valence-electron chi connectivity index (χ4n) is 4.82. The van der Waals surface area contributed by atoms with E-state index >= 15 is 0 Å². The molecule has 0 amide bonds. The first-order valence-electron chi connectivity index (χ1n) is 10.9. The third-order valence-electron chi connectivity index (χ3n) is 6.32. The number of ether oxygens (including phenoxy) is 1. The molecule has 0 bridgehead atoms. The monoisotopic (exact) mass is 477 g/mol. The predicted molar refractivity (Wildman–Crippen MR) is 123 cm³/mol. The zero-order chi connectivity index (χ0) is 21.4. The van der Waals surface area contributed by atoms with Crippen LogP contribution in [0.5, 0.6) is 5.75 Å². The maximum absolute atomic E-state index is 12.9. The quantitative estimate of drug-likeness (QED) is 0.610. The summed E-state index contributed by atoms with van der Waals surface area (Å²) in [7, 11) is 0. The van der Waals surface area contributed by atoms with E-state index in [0.29, 0.717) is 19.4 Å². The van der Waals surface area contributed by atoms with Crippen LogP contribution in [-0.2, 0) is 16.2 Å². The molecule has 0 spiro atoms. The molecule has 2 aromatic rings. The second-order valence-corrected chi connectivity index (χ2v) is 9.30. The molecule has 0 fully saturated rings. The Morgan fingerprint density at radius 1 is 0.806 bits per heavy atom. The molecule has 3 aliphatic rings. The molecule has 0 radical (unpaired) electrons. The molecule has 0 aromatic heterocycles. The van der Waals surface area contributed by atoms with E-state index in [0.717, 1.165) is 69.6 Å². The molecule has 1 heterocycles. The van der Waals surface area contributed by atoms with Gasteiger partial charge >= 0.3 is 0 Å². The Kier molecular flexibility index (Phi) is 5.53. The third kappa shape index (κ3) is 3.99. The second kappa shape index (κ2) is 8.46. The molecular formula is C26H24BrNO3. The van der Waals surface area contributed by atoms with Crippen molar-refractivity contribution in [1.29, 1.82) is 0 Å². The molecule has 1 N–H and O–H groups in total. The summed E-state index contributed by atoms with van der Waals surface area (Å²) in [5.41, 5.74) is 5.71. The van der Waals surface area contributed by atoms with E-state index in [4.69, 9.17) is 4.74 Å². The SMILES string of the molecule is O=C1CCCC2=C1C(c1ccc(OCc3ccc(Br)cc3)cc1)C1=C(CCCC1=O)N2. The minimum Gasteiger partial charge on any atom is -0.489 e. The van der Waals surface area contributed by atoms with E-state index < -0.39 is 0 Å². The largest absolute Gasteiger partial charge is 0.489 e. The first-order chi connectivity index (χ1) is 15.1. The van der Waals surface area contributed by atoms with Gasteiger partial charge < -0.3 is 10.1 Å². The molecule has 31 heavy (non-hydrogen) atoms. The van der Waals surface area contributed by atoms with E-state index in [1.807, 2.05) is 48.5 Å². The fraction of sp³-hybridized carbons (Fsp3) is 0.308. The van der Waals surface area contributed by atoms with Crippen LogP contribution < -0.4 is 10.1 Å². The van der Waals surface area contributed by atoms with Crippen LogP contribution >= 0.6 is 15.9 Å². The van der Waals surface area contributed by atoms with E-state index in [2.05, 4.69) is 21.2 Å². The average Bonchev–Trinajstić information content (AvgIpc) is 2.78. The Hall–Kier alpha value is -2.66. The number of halogens is 1. The molecule has 4 nitrogen and oxygen atoms in total. The van der Waals surface area contributed by atoms with Gasteiger partial charge in [-0.15, -0.1) is 0 Å². The molecule has 158 valence electrons. The molecule has 0 saturated carbocycles. The van der Waals surface area contributed by atoms with Gasteiger partial charge in [-0.1, -0.05) is 40.2 Å². The van der Waals surface area contributed by atoms with Crippen LogP contribution in [0, 0.1) is 0 Å². The smallest absolute Gasteiger partial charge is 0.161 e.